The molecule has 6 heteroatoms. The molecule has 1 heterocycles. The third-order valence-corrected chi connectivity index (χ3v) is 3.85. The van der Waals surface area contributed by atoms with Crippen LogP contribution < -0.4 is 4.90 Å². The van der Waals surface area contributed by atoms with E-state index in [1.165, 1.54) is 0 Å². The maximum Gasteiger partial charge on any atom is 0.248 e. The molecule has 5 nitrogen and oxygen atoms in total. The van der Waals surface area contributed by atoms with Gasteiger partial charge in [0, 0.05) is 0 Å². The van der Waals surface area contributed by atoms with Crippen LogP contribution >= 0.6 is 0 Å². The Bertz CT molecular complexity index is 550. The van der Waals surface area contributed by atoms with Gasteiger partial charge in [-0.25, -0.2) is 13.3 Å². The molecular weight excluding hydrogens is 242 g/mol. The number of carbonyl (C=O) groups excluding carboxylic acids is 2. The second-order valence-electron chi connectivity index (χ2n) is 3.99. The Kier molecular flexibility index (Phi) is 2.74. The standard InChI is InChI=1S/C11H11NO4S/c1-8-2-4-9(5-3-8)12-10(13)6-17(15,16)7-11(12)14/h2-5H,6-7H2,1H3. The summed E-state index contributed by atoms with van der Waals surface area (Å²) in [6.45, 7) is 1.88. The summed E-state index contributed by atoms with van der Waals surface area (Å²) in [5.41, 5.74) is 1.42. The van der Waals surface area contributed by atoms with Crippen molar-refractivity contribution in [2.24, 2.45) is 0 Å². The van der Waals surface area contributed by atoms with E-state index in [9.17, 15) is 18.0 Å². The summed E-state index contributed by atoms with van der Waals surface area (Å²) in [5, 5.41) is 0. The fraction of sp³-hybridized carbons (Fsp3) is 0.273. The van der Waals surface area contributed by atoms with E-state index in [4.69, 9.17) is 0 Å². The van der Waals surface area contributed by atoms with Crippen molar-refractivity contribution >= 4 is 27.3 Å². The van der Waals surface area contributed by atoms with E-state index in [1.807, 2.05) is 6.92 Å². The highest BCUT2D eigenvalue weighted by molar-refractivity contribution is 7.93. The van der Waals surface area contributed by atoms with Crippen LogP contribution in [-0.4, -0.2) is 31.7 Å². The molecule has 0 atom stereocenters. The second-order valence-corrected chi connectivity index (χ2v) is 6.06. The first-order chi connectivity index (χ1) is 7.89. The van der Waals surface area contributed by atoms with Gasteiger partial charge >= 0.3 is 0 Å². The van der Waals surface area contributed by atoms with Crippen molar-refractivity contribution in [3.8, 4) is 0 Å². The number of benzene rings is 1. The molecule has 0 radical (unpaired) electrons. The van der Waals surface area contributed by atoms with Crippen molar-refractivity contribution in [2.45, 2.75) is 6.92 Å². The molecule has 0 spiro atoms. The summed E-state index contributed by atoms with van der Waals surface area (Å²) < 4.78 is 22.5. The van der Waals surface area contributed by atoms with E-state index in [1.54, 1.807) is 24.3 Å². The van der Waals surface area contributed by atoms with Crippen molar-refractivity contribution in [3.05, 3.63) is 29.8 Å². The van der Waals surface area contributed by atoms with Crippen LogP contribution in [0.1, 0.15) is 5.56 Å². The molecule has 0 bridgehead atoms. The summed E-state index contributed by atoms with van der Waals surface area (Å²) in [7, 11) is -3.57. The van der Waals surface area contributed by atoms with Crippen LogP contribution in [-0.2, 0) is 19.4 Å². The molecule has 2 rings (SSSR count). The van der Waals surface area contributed by atoms with E-state index in [-0.39, 0.29) is 0 Å². The van der Waals surface area contributed by atoms with Crippen molar-refractivity contribution in [3.63, 3.8) is 0 Å². The zero-order chi connectivity index (χ0) is 12.6. The Labute approximate surface area is 99.0 Å². The zero-order valence-electron chi connectivity index (χ0n) is 9.21. The molecule has 0 saturated carbocycles. The smallest absolute Gasteiger partial charge is 0.248 e. The van der Waals surface area contributed by atoms with Gasteiger partial charge in [0.05, 0.1) is 5.69 Å². The summed E-state index contributed by atoms with van der Waals surface area (Å²) in [6.07, 6.45) is 0. The predicted molar refractivity (Wildman–Crippen MR) is 62.3 cm³/mol. The number of anilines is 1. The minimum atomic E-state index is -3.57. The average molecular weight is 253 g/mol. The van der Waals surface area contributed by atoms with Crippen LogP contribution in [0.2, 0.25) is 0 Å². The van der Waals surface area contributed by atoms with Gasteiger partial charge < -0.3 is 0 Å². The highest BCUT2D eigenvalue weighted by Gasteiger charge is 2.36. The molecule has 0 aromatic heterocycles. The van der Waals surface area contributed by atoms with Gasteiger partial charge in [-0.3, -0.25) is 9.59 Å². The Morgan fingerprint density at radius 1 is 1.00 bits per heavy atom. The van der Waals surface area contributed by atoms with Gasteiger partial charge in [0.2, 0.25) is 11.8 Å². The third-order valence-electron chi connectivity index (χ3n) is 2.48. The molecule has 1 fully saturated rings. The normalized spacial score (nSPS) is 19.5. The van der Waals surface area contributed by atoms with Gasteiger partial charge in [-0.15, -0.1) is 0 Å². The first kappa shape index (κ1) is 11.8. The number of hydrogen-bond donors (Lipinski definition) is 0. The van der Waals surface area contributed by atoms with E-state index < -0.39 is 33.2 Å². The molecule has 1 saturated heterocycles. The fourth-order valence-electron chi connectivity index (χ4n) is 1.68. The molecule has 0 N–H and O–H groups in total. The van der Waals surface area contributed by atoms with Gasteiger partial charge in [-0.1, -0.05) is 17.7 Å². The lowest BCUT2D eigenvalue weighted by Crippen LogP contribution is -2.49. The van der Waals surface area contributed by atoms with Crippen LogP contribution in [0.3, 0.4) is 0 Å². The molecule has 1 aromatic rings. The third kappa shape index (κ3) is 2.36. The predicted octanol–water partition coefficient (Wildman–Crippen LogP) is 0.283. The first-order valence-electron chi connectivity index (χ1n) is 5.02. The maximum absolute atomic E-state index is 11.6. The van der Waals surface area contributed by atoms with Crippen LogP contribution in [0.4, 0.5) is 5.69 Å². The largest absolute Gasteiger partial charge is 0.273 e. The number of amides is 2. The number of nitrogens with zero attached hydrogens (tertiary/aromatic N) is 1. The zero-order valence-corrected chi connectivity index (χ0v) is 10.0. The topological polar surface area (TPSA) is 71.5 Å². The van der Waals surface area contributed by atoms with Crippen molar-refractivity contribution in [1.82, 2.24) is 0 Å². The van der Waals surface area contributed by atoms with Crippen molar-refractivity contribution in [2.75, 3.05) is 16.4 Å². The van der Waals surface area contributed by atoms with Crippen molar-refractivity contribution in [1.29, 1.82) is 0 Å². The van der Waals surface area contributed by atoms with Crippen LogP contribution in [0, 0.1) is 6.92 Å². The number of imide groups is 1. The first-order valence-corrected chi connectivity index (χ1v) is 6.84. The van der Waals surface area contributed by atoms with E-state index >= 15 is 0 Å². The lowest BCUT2D eigenvalue weighted by molar-refractivity contribution is -0.124. The van der Waals surface area contributed by atoms with Crippen molar-refractivity contribution < 1.29 is 18.0 Å². The number of rotatable bonds is 1. The fourth-order valence-corrected chi connectivity index (χ4v) is 2.79. The summed E-state index contributed by atoms with van der Waals surface area (Å²) in [6, 6.07) is 6.78. The van der Waals surface area contributed by atoms with Gasteiger partial charge in [-0.2, -0.15) is 0 Å². The molecule has 0 unspecified atom stereocenters. The van der Waals surface area contributed by atoms with E-state index in [0.29, 0.717) is 5.69 Å². The molecule has 90 valence electrons. The molecule has 2 amide bonds. The summed E-state index contributed by atoms with van der Waals surface area (Å²) in [4.78, 5) is 24.2. The SMILES string of the molecule is Cc1ccc(N2C(=O)CS(=O)(=O)CC2=O)cc1. The Hall–Kier alpha value is -1.69. The number of sulfone groups is 1. The minimum absolute atomic E-state index is 0.417. The molecule has 0 aliphatic carbocycles. The summed E-state index contributed by atoms with van der Waals surface area (Å²) >= 11 is 0. The molecule has 17 heavy (non-hydrogen) atoms. The Morgan fingerprint density at radius 3 is 1.94 bits per heavy atom. The number of hydrogen-bond acceptors (Lipinski definition) is 4. The van der Waals surface area contributed by atoms with Crippen LogP contribution in [0.25, 0.3) is 0 Å². The number of carbonyl (C=O) groups is 2. The lowest BCUT2D eigenvalue weighted by Gasteiger charge is -2.24. The van der Waals surface area contributed by atoms with Gasteiger partial charge in [0.15, 0.2) is 9.84 Å². The minimum Gasteiger partial charge on any atom is -0.273 e. The Morgan fingerprint density at radius 2 is 1.47 bits per heavy atom. The summed E-state index contributed by atoms with van der Waals surface area (Å²) in [5.74, 6) is -2.59. The lowest BCUT2D eigenvalue weighted by atomic mass is 10.2. The second kappa shape index (κ2) is 3.96. The van der Waals surface area contributed by atoms with Gasteiger partial charge in [-0.05, 0) is 19.1 Å². The number of aryl methyl sites for hydroxylation is 1. The monoisotopic (exact) mass is 253 g/mol. The van der Waals surface area contributed by atoms with Crippen LogP contribution in [0.5, 0.6) is 0 Å². The average Bonchev–Trinajstić information content (AvgIpc) is 2.18. The maximum atomic E-state index is 11.6. The Balaban J connectivity index is 2.37. The van der Waals surface area contributed by atoms with Crippen LogP contribution in [0.15, 0.2) is 24.3 Å². The highest BCUT2D eigenvalue weighted by Crippen LogP contribution is 2.19. The van der Waals surface area contributed by atoms with Gasteiger partial charge in [0.25, 0.3) is 0 Å². The molecule has 1 aliphatic rings. The molecule has 1 aromatic carbocycles. The molecular formula is C11H11NO4S. The van der Waals surface area contributed by atoms with E-state index in [0.717, 1.165) is 10.5 Å². The highest BCUT2D eigenvalue weighted by atomic mass is 32.2. The van der Waals surface area contributed by atoms with Gasteiger partial charge in [0.1, 0.15) is 11.5 Å². The molecule has 1 aliphatic heterocycles. The quantitative estimate of drug-likeness (QED) is 0.674. The van der Waals surface area contributed by atoms with E-state index in [2.05, 4.69) is 0 Å².